The molecule has 1 atom stereocenters. The molecule has 0 saturated heterocycles. The number of nitrogens with one attached hydrogen (secondary N) is 1. The summed E-state index contributed by atoms with van der Waals surface area (Å²) in [6.45, 7) is 4.13. The van der Waals surface area contributed by atoms with Crippen LogP contribution in [0.2, 0.25) is 0 Å². The van der Waals surface area contributed by atoms with Gasteiger partial charge in [-0.25, -0.2) is 0 Å². The van der Waals surface area contributed by atoms with E-state index in [4.69, 9.17) is 9.47 Å². The Morgan fingerprint density at radius 1 is 1.10 bits per heavy atom. The first-order valence-electron chi connectivity index (χ1n) is 8.11. The second-order valence-corrected chi connectivity index (χ2v) is 6.26. The summed E-state index contributed by atoms with van der Waals surface area (Å²) in [6.07, 6.45) is 6.16. The first-order chi connectivity index (χ1) is 10.1. The highest BCUT2D eigenvalue weighted by Crippen LogP contribution is 2.43. The van der Waals surface area contributed by atoms with Gasteiger partial charge in [0.1, 0.15) is 5.75 Å². The van der Waals surface area contributed by atoms with E-state index in [9.17, 15) is 0 Å². The Kier molecular flexibility index (Phi) is 5.65. The second kappa shape index (κ2) is 7.28. The van der Waals surface area contributed by atoms with E-state index in [1.807, 2.05) is 20.2 Å². The summed E-state index contributed by atoms with van der Waals surface area (Å²) in [6, 6.07) is 8.51. The molecule has 1 aromatic rings. The monoisotopic (exact) mass is 291 g/mol. The van der Waals surface area contributed by atoms with Crippen molar-refractivity contribution < 1.29 is 9.47 Å². The van der Waals surface area contributed by atoms with Crippen molar-refractivity contribution in [1.29, 1.82) is 0 Å². The van der Waals surface area contributed by atoms with Crippen LogP contribution in [0.4, 0.5) is 0 Å². The molecule has 3 heteroatoms. The van der Waals surface area contributed by atoms with Gasteiger partial charge in [-0.15, -0.1) is 0 Å². The van der Waals surface area contributed by atoms with E-state index in [1.165, 1.54) is 24.8 Å². The Morgan fingerprint density at radius 3 is 2.33 bits per heavy atom. The molecular formula is C18H29NO2. The number of methoxy groups -OCH3 is 1. The normalized spacial score (nSPS) is 19.5. The van der Waals surface area contributed by atoms with Gasteiger partial charge in [-0.3, -0.25) is 0 Å². The Labute approximate surface area is 129 Å². The predicted octanol–water partition coefficient (Wildman–Crippen LogP) is 4.08. The zero-order valence-electron chi connectivity index (χ0n) is 13.8. The van der Waals surface area contributed by atoms with Crippen LogP contribution in [0, 0.1) is 0 Å². The fourth-order valence-electron chi connectivity index (χ4n) is 3.54. The number of rotatable bonds is 6. The van der Waals surface area contributed by atoms with E-state index in [2.05, 4.69) is 37.4 Å². The van der Waals surface area contributed by atoms with Crippen molar-refractivity contribution in [2.75, 3.05) is 14.2 Å². The van der Waals surface area contributed by atoms with Crippen molar-refractivity contribution in [3.05, 3.63) is 29.8 Å². The summed E-state index contributed by atoms with van der Waals surface area (Å²) >= 11 is 0. The van der Waals surface area contributed by atoms with Crippen molar-refractivity contribution in [2.45, 2.75) is 63.7 Å². The SMILES string of the molecule is CNC(c1ccccc1OC(C)C)C1(OC)CCCCC1. The number of hydrogen-bond acceptors (Lipinski definition) is 3. The van der Waals surface area contributed by atoms with Crippen LogP contribution in [0.1, 0.15) is 57.6 Å². The smallest absolute Gasteiger partial charge is 0.124 e. The van der Waals surface area contributed by atoms with Gasteiger partial charge in [0, 0.05) is 12.7 Å². The first kappa shape index (κ1) is 16.3. The minimum atomic E-state index is -0.122. The number of benzene rings is 1. The summed E-state index contributed by atoms with van der Waals surface area (Å²) in [4.78, 5) is 0. The first-order valence-corrected chi connectivity index (χ1v) is 8.11. The maximum Gasteiger partial charge on any atom is 0.124 e. The number of ether oxygens (including phenoxy) is 2. The van der Waals surface area contributed by atoms with Crippen LogP contribution in [0.25, 0.3) is 0 Å². The van der Waals surface area contributed by atoms with Gasteiger partial charge in [0.25, 0.3) is 0 Å². The van der Waals surface area contributed by atoms with E-state index in [1.54, 1.807) is 0 Å². The average molecular weight is 291 g/mol. The van der Waals surface area contributed by atoms with Crippen molar-refractivity contribution >= 4 is 0 Å². The van der Waals surface area contributed by atoms with E-state index < -0.39 is 0 Å². The lowest BCUT2D eigenvalue weighted by molar-refractivity contribution is -0.0677. The highest BCUT2D eigenvalue weighted by atomic mass is 16.5. The molecule has 1 aromatic carbocycles. The molecule has 1 aliphatic carbocycles. The maximum atomic E-state index is 6.03. The maximum absolute atomic E-state index is 6.03. The van der Waals surface area contributed by atoms with Crippen molar-refractivity contribution in [3.63, 3.8) is 0 Å². The van der Waals surface area contributed by atoms with Crippen LogP contribution in [-0.2, 0) is 4.74 Å². The topological polar surface area (TPSA) is 30.5 Å². The molecular weight excluding hydrogens is 262 g/mol. The molecule has 0 aromatic heterocycles. The van der Waals surface area contributed by atoms with Crippen molar-refractivity contribution in [3.8, 4) is 5.75 Å². The number of hydrogen-bond donors (Lipinski definition) is 1. The summed E-state index contributed by atoms with van der Waals surface area (Å²) in [5.41, 5.74) is 1.08. The Hall–Kier alpha value is -1.06. The van der Waals surface area contributed by atoms with E-state index in [0.717, 1.165) is 18.6 Å². The molecule has 0 aliphatic heterocycles. The largest absolute Gasteiger partial charge is 0.491 e. The molecule has 118 valence electrons. The molecule has 0 heterocycles. The third kappa shape index (κ3) is 3.58. The highest BCUT2D eigenvalue weighted by Gasteiger charge is 2.41. The molecule has 0 spiro atoms. The van der Waals surface area contributed by atoms with Gasteiger partial charge in [0.2, 0.25) is 0 Å². The molecule has 3 nitrogen and oxygen atoms in total. The second-order valence-electron chi connectivity index (χ2n) is 6.26. The third-order valence-corrected chi connectivity index (χ3v) is 4.51. The highest BCUT2D eigenvalue weighted by molar-refractivity contribution is 5.38. The molecule has 2 rings (SSSR count). The van der Waals surface area contributed by atoms with Crippen LogP contribution < -0.4 is 10.1 Å². The van der Waals surface area contributed by atoms with Crippen LogP contribution >= 0.6 is 0 Å². The standard InChI is InChI=1S/C18H29NO2/c1-14(2)21-16-11-7-6-10-15(16)17(19-3)18(20-4)12-8-5-9-13-18/h6-7,10-11,14,17,19H,5,8-9,12-13H2,1-4H3. The fourth-order valence-corrected chi connectivity index (χ4v) is 3.54. The van der Waals surface area contributed by atoms with Gasteiger partial charge in [0.05, 0.1) is 17.7 Å². The van der Waals surface area contributed by atoms with Gasteiger partial charge < -0.3 is 14.8 Å². The van der Waals surface area contributed by atoms with E-state index >= 15 is 0 Å². The minimum Gasteiger partial charge on any atom is -0.491 e. The quantitative estimate of drug-likeness (QED) is 0.856. The minimum absolute atomic E-state index is 0.122. The zero-order chi connectivity index (χ0) is 15.3. The van der Waals surface area contributed by atoms with Crippen molar-refractivity contribution in [2.24, 2.45) is 0 Å². The number of likely N-dealkylation sites (N-methyl/N-ethyl adjacent to an activating group) is 1. The summed E-state index contributed by atoms with van der Waals surface area (Å²) in [7, 11) is 3.87. The molecule has 0 radical (unpaired) electrons. The summed E-state index contributed by atoms with van der Waals surface area (Å²) in [5, 5.41) is 3.49. The molecule has 1 fully saturated rings. The fraction of sp³-hybridized carbons (Fsp3) is 0.667. The lowest BCUT2D eigenvalue weighted by Crippen LogP contribution is -2.46. The Balaban J connectivity index is 2.36. The lowest BCUT2D eigenvalue weighted by Gasteiger charge is -2.43. The molecule has 0 bridgehead atoms. The Morgan fingerprint density at radius 2 is 1.76 bits per heavy atom. The van der Waals surface area contributed by atoms with Crippen LogP contribution in [-0.4, -0.2) is 25.9 Å². The molecule has 0 amide bonds. The zero-order valence-corrected chi connectivity index (χ0v) is 13.8. The van der Waals surface area contributed by atoms with Gasteiger partial charge in [0.15, 0.2) is 0 Å². The van der Waals surface area contributed by atoms with Crippen LogP contribution in [0.5, 0.6) is 5.75 Å². The molecule has 21 heavy (non-hydrogen) atoms. The molecule has 1 N–H and O–H groups in total. The Bertz CT molecular complexity index is 439. The summed E-state index contributed by atoms with van der Waals surface area (Å²) in [5.74, 6) is 0.967. The van der Waals surface area contributed by atoms with Crippen LogP contribution in [0.3, 0.4) is 0 Å². The molecule has 1 aliphatic rings. The van der Waals surface area contributed by atoms with Gasteiger partial charge in [-0.05, 0) is 39.8 Å². The lowest BCUT2D eigenvalue weighted by atomic mass is 9.76. The molecule has 1 saturated carbocycles. The predicted molar refractivity (Wildman–Crippen MR) is 86.8 cm³/mol. The number of para-hydroxylation sites is 1. The van der Waals surface area contributed by atoms with Gasteiger partial charge in [-0.2, -0.15) is 0 Å². The third-order valence-electron chi connectivity index (χ3n) is 4.51. The molecule has 1 unspecified atom stereocenters. The van der Waals surface area contributed by atoms with Gasteiger partial charge >= 0.3 is 0 Å². The van der Waals surface area contributed by atoms with Crippen molar-refractivity contribution in [1.82, 2.24) is 5.32 Å². The van der Waals surface area contributed by atoms with Gasteiger partial charge in [-0.1, -0.05) is 37.5 Å². The van der Waals surface area contributed by atoms with Crippen LogP contribution in [0.15, 0.2) is 24.3 Å². The van der Waals surface area contributed by atoms with E-state index in [0.29, 0.717) is 0 Å². The summed E-state index contributed by atoms with van der Waals surface area (Å²) < 4.78 is 12.0. The van der Waals surface area contributed by atoms with E-state index in [-0.39, 0.29) is 17.7 Å². The average Bonchev–Trinajstić information content (AvgIpc) is 2.50.